The van der Waals surface area contributed by atoms with Gasteiger partial charge in [-0.1, -0.05) is 38.1 Å². The molecule has 0 aliphatic heterocycles. The molecule has 5 aromatic rings. The first-order valence-corrected chi connectivity index (χ1v) is 10.7. The number of aromatic nitrogens is 4. The standard InChI is InChI=1S/C27H24N4O/c1-17(2)18-14-19(16-20(15-18)22-9-4-5-12-28-22)21-8-6-10-23-25(21)30-27(31(23)3)26-24(32)11-7-13-29-26/h4-17,32H,1-3H3. The highest BCUT2D eigenvalue weighted by atomic mass is 16.3. The Labute approximate surface area is 187 Å². The van der Waals surface area contributed by atoms with Crippen molar-refractivity contribution < 1.29 is 5.11 Å². The van der Waals surface area contributed by atoms with Gasteiger partial charge in [-0.05, 0) is 59.5 Å². The summed E-state index contributed by atoms with van der Waals surface area (Å²) in [6, 6.07) is 22.1. The highest BCUT2D eigenvalue weighted by molar-refractivity contribution is 5.95. The van der Waals surface area contributed by atoms with E-state index in [0.29, 0.717) is 17.4 Å². The third-order valence-electron chi connectivity index (χ3n) is 5.80. The largest absolute Gasteiger partial charge is 0.506 e. The first-order chi connectivity index (χ1) is 15.5. The van der Waals surface area contributed by atoms with Crippen LogP contribution in [0.4, 0.5) is 0 Å². The first kappa shape index (κ1) is 19.9. The predicted molar refractivity (Wildman–Crippen MR) is 128 cm³/mol. The molecule has 5 nitrogen and oxygen atoms in total. The van der Waals surface area contributed by atoms with Crippen molar-refractivity contribution in [2.45, 2.75) is 19.8 Å². The SMILES string of the molecule is CC(C)c1cc(-c2ccccn2)cc(-c2cccc3c2nc(-c2ncccc2O)n3C)c1. The molecule has 0 radical (unpaired) electrons. The Morgan fingerprint density at radius 3 is 2.41 bits per heavy atom. The molecule has 3 aromatic heterocycles. The lowest BCUT2D eigenvalue weighted by atomic mass is 9.93. The smallest absolute Gasteiger partial charge is 0.163 e. The Morgan fingerprint density at radius 2 is 1.66 bits per heavy atom. The van der Waals surface area contributed by atoms with Gasteiger partial charge >= 0.3 is 0 Å². The lowest BCUT2D eigenvalue weighted by Gasteiger charge is -2.13. The molecular weight excluding hydrogens is 396 g/mol. The maximum atomic E-state index is 10.3. The van der Waals surface area contributed by atoms with Gasteiger partial charge in [0, 0.05) is 30.6 Å². The van der Waals surface area contributed by atoms with Gasteiger partial charge in [-0.2, -0.15) is 0 Å². The van der Waals surface area contributed by atoms with E-state index >= 15 is 0 Å². The van der Waals surface area contributed by atoms with Crippen molar-refractivity contribution in [3.8, 4) is 39.7 Å². The maximum absolute atomic E-state index is 10.3. The van der Waals surface area contributed by atoms with Crippen molar-refractivity contribution in [3.63, 3.8) is 0 Å². The summed E-state index contributed by atoms with van der Waals surface area (Å²) < 4.78 is 1.98. The Balaban J connectivity index is 1.74. The van der Waals surface area contributed by atoms with E-state index in [0.717, 1.165) is 33.4 Å². The zero-order chi connectivity index (χ0) is 22.2. The molecule has 0 saturated carbocycles. The number of aryl methyl sites for hydroxylation is 1. The number of hydrogen-bond donors (Lipinski definition) is 1. The minimum atomic E-state index is 0.117. The number of hydrogen-bond acceptors (Lipinski definition) is 4. The number of benzene rings is 2. The molecule has 0 spiro atoms. The molecule has 0 saturated heterocycles. The maximum Gasteiger partial charge on any atom is 0.163 e. The normalized spacial score (nSPS) is 11.4. The summed E-state index contributed by atoms with van der Waals surface area (Å²) in [6.45, 7) is 4.40. The predicted octanol–water partition coefficient (Wildman–Crippen LogP) is 6.19. The van der Waals surface area contributed by atoms with Crippen LogP contribution in [0, 0.1) is 0 Å². The minimum absolute atomic E-state index is 0.117. The molecule has 3 heterocycles. The molecule has 0 bridgehead atoms. The number of para-hydroxylation sites is 1. The van der Waals surface area contributed by atoms with Gasteiger partial charge in [0.2, 0.25) is 0 Å². The molecule has 0 fully saturated rings. The van der Waals surface area contributed by atoms with E-state index in [2.05, 4.69) is 48.1 Å². The van der Waals surface area contributed by atoms with Gasteiger partial charge in [0.25, 0.3) is 0 Å². The molecule has 0 aliphatic rings. The summed E-state index contributed by atoms with van der Waals surface area (Å²) in [5.74, 6) is 1.13. The number of aromatic hydroxyl groups is 1. The summed E-state index contributed by atoms with van der Waals surface area (Å²) >= 11 is 0. The number of rotatable bonds is 4. The van der Waals surface area contributed by atoms with Gasteiger partial charge in [0.05, 0.1) is 16.7 Å². The van der Waals surface area contributed by atoms with E-state index < -0.39 is 0 Å². The number of fused-ring (bicyclic) bond motifs is 1. The van der Waals surface area contributed by atoms with E-state index in [-0.39, 0.29) is 5.75 Å². The second kappa shape index (κ2) is 7.93. The van der Waals surface area contributed by atoms with Crippen LogP contribution in [0.25, 0.3) is 44.9 Å². The van der Waals surface area contributed by atoms with Crippen LogP contribution < -0.4 is 0 Å². The van der Waals surface area contributed by atoms with Crippen molar-refractivity contribution >= 4 is 11.0 Å². The van der Waals surface area contributed by atoms with Gasteiger partial charge in [0.15, 0.2) is 5.82 Å². The minimum Gasteiger partial charge on any atom is -0.506 e. The molecule has 32 heavy (non-hydrogen) atoms. The summed E-state index contributed by atoms with van der Waals surface area (Å²) in [4.78, 5) is 13.8. The topological polar surface area (TPSA) is 63.8 Å². The zero-order valence-corrected chi connectivity index (χ0v) is 18.3. The highest BCUT2D eigenvalue weighted by Crippen LogP contribution is 2.36. The molecule has 0 aliphatic carbocycles. The molecular formula is C27H24N4O. The second-order valence-corrected chi connectivity index (χ2v) is 8.25. The van der Waals surface area contributed by atoms with Crippen LogP contribution in [0.5, 0.6) is 5.75 Å². The van der Waals surface area contributed by atoms with Crippen LogP contribution in [0.15, 0.2) is 79.1 Å². The van der Waals surface area contributed by atoms with Crippen molar-refractivity contribution in [3.05, 3.63) is 84.7 Å². The summed E-state index contributed by atoms with van der Waals surface area (Å²) in [6.07, 6.45) is 3.49. The third kappa shape index (κ3) is 3.42. The molecule has 5 rings (SSSR count). The highest BCUT2D eigenvalue weighted by Gasteiger charge is 2.18. The molecule has 5 heteroatoms. The van der Waals surface area contributed by atoms with Gasteiger partial charge in [0.1, 0.15) is 11.4 Å². The van der Waals surface area contributed by atoms with E-state index in [1.54, 1.807) is 18.3 Å². The Hall–Kier alpha value is -3.99. The quantitative estimate of drug-likeness (QED) is 0.376. The number of pyridine rings is 2. The van der Waals surface area contributed by atoms with Crippen molar-refractivity contribution in [2.24, 2.45) is 7.05 Å². The number of imidazole rings is 1. The molecule has 0 atom stereocenters. The Morgan fingerprint density at radius 1 is 0.844 bits per heavy atom. The van der Waals surface area contributed by atoms with Crippen molar-refractivity contribution in [2.75, 3.05) is 0 Å². The summed E-state index contributed by atoms with van der Waals surface area (Å²) in [7, 11) is 1.95. The summed E-state index contributed by atoms with van der Waals surface area (Å²) in [5, 5.41) is 10.3. The molecule has 2 aromatic carbocycles. The van der Waals surface area contributed by atoms with E-state index in [1.807, 2.05) is 48.1 Å². The second-order valence-electron chi connectivity index (χ2n) is 8.25. The van der Waals surface area contributed by atoms with Gasteiger partial charge in [-0.15, -0.1) is 0 Å². The molecule has 0 unspecified atom stereocenters. The molecule has 0 amide bonds. The van der Waals surface area contributed by atoms with E-state index in [1.165, 1.54) is 5.56 Å². The fourth-order valence-electron chi connectivity index (χ4n) is 4.05. The van der Waals surface area contributed by atoms with Crippen LogP contribution in [0.1, 0.15) is 25.3 Å². The Bertz CT molecular complexity index is 1420. The number of nitrogens with zero attached hydrogens (tertiary/aromatic N) is 4. The van der Waals surface area contributed by atoms with Crippen LogP contribution in [-0.2, 0) is 7.05 Å². The average Bonchev–Trinajstić information content (AvgIpc) is 3.16. The zero-order valence-electron chi connectivity index (χ0n) is 18.3. The van der Waals surface area contributed by atoms with Crippen LogP contribution in [0.3, 0.4) is 0 Å². The average molecular weight is 421 g/mol. The fraction of sp³-hybridized carbons (Fsp3) is 0.148. The third-order valence-corrected chi connectivity index (χ3v) is 5.80. The van der Waals surface area contributed by atoms with Crippen LogP contribution in [0.2, 0.25) is 0 Å². The van der Waals surface area contributed by atoms with Crippen molar-refractivity contribution in [1.82, 2.24) is 19.5 Å². The van der Waals surface area contributed by atoms with Gasteiger partial charge < -0.3 is 9.67 Å². The molecule has 1 N–H and O–H groups in total. The van der Waals surface area contributed by atoms with Crippen molar-refractivity contribution in [1.29, 1.82) is 0 Å². The van der Waals surface area contributed by atoms with Crippen LogP contribution in [-0.4, -0.2) is 24.6 Å². The Kier molecular flexibility index (Phi) is 4.94. The monoisotopic (exact) mass is 420 g/mol. The van der Waals surface area contributed by atoms with E-state index in [9.17, 15) is 5.11 Å². The van der Waals surface area contributed by atoms with E-state index in [4.69, 9.17) is 4.98 Å². The van der Waals surface area contributed by atoms with Crippen LogP contribution >= 0.6 is 0 Å². The lowest BCUT2D eigenvalue weighted by molar-refractivity contribution is 0.474. The lowest BCUT2D eigenvalue weighted by Crippen LogP contribution is -1.94. The molecule has 158 valence electrons. The first-order valence-electron chi connectivity index (χ1n) is 10.7. The van der Waals surface area contributed by atoms with Gasteiger partial charge in [-0.3, -0.25) is 4.98 Å². The fourth-order valence-corrected chi connectivity index (χ4v) is 4.05. The summed E-state index contributed by atoms with van der Waals surface area (Å²) in [5.41, 5.74) is 7.75. The van der Waals surface area contributed by atoms with Gasteiger partial charge in [-0.25, -0.2) is 9.97 Å².